The zero-order valence-electron chi connectivity index (χ0n) is 22.0. The van der Waals surface area contributed by atoms with Gasteiger partial charge >= 0.3 is 12.4 Å². The van der Waals surface area contributed by atoms with E-state index >= 15 is 0 Å². The van der Waals surface area contributed by atoms with Gasteiger partial charge in [0.2, 0.25) is 15.9 Å². The molecule has 1 amide bonds. The molecule has 7 nitrogen and oxygen atoms in total. The summed E-state index contributed by atoms with van der Waals surface area (Å²) in [7, 11) is -4.24. The molecule has 2 aromatic rings. The van der Waals surface area contributed by atoms with Gasteiger partial charge in [0.1, 0.15) is 17.7 Å². The fourth-order valence-electron chi connectivity index (χ4n) is 4.46. The van der Waals surface area contributed by atoms with Gasteiger partial charge in [0.25, 0.3) is 0 Å². The Kier molecular flexibility index (Phi) is 8.74. The maximum absolute atomic E-state index is 13.5. The summed E-state index contributed by atoms with van der Waals surface area (Å²) in [6.45, 7) is 2.84. The zero-order chi connectivity index (χ0) is 30.9. The number of carbonyl (C=O) groups is 1. The zero-order valence-corrected chi connectivity index (χ0v) is 22.8. The van der Waals surface area contributed by atoms with E-state index in [-0.39, 0.29) is 35.8 Å². The Labute approximate surface area is 237 Å². The number of aliphatic imine (C=N–C) groups is 1. The maximum atomic E-state index is 13.5. The molecule has 2 aliphatic rings. The van der Waals surface area contributed by atoms with Crippen molar-refractivity contribution in [2.75, 3.05) is 13.1 Å². The Morgan fingerprint density at radius 2 is 1.67 bits per heavy atom. The molecule has 1 fully saturated rings. The highest BCUT2D eigenvalue weighted by Gasteiger charge is 2.56. The number of hydrogen-bond donors (Lipinski definition) is 2. The van der Waals surface area contributed by atoms with E-state index in [1.165, 1.54) is 0 Å². The molecule has 0 radical (unpaired) electrons. The van der Waals surface area contributed by atoms with E-state index in [9.17, 15) is 43.9 Å². The van der Waals surface area contributed by atoms with E-state index in [1.807, 2.05) is 0 Å². The minimum Gasteiger partial charge on any atom is -0.357 e. The lowest BCUT2D eigenvalue weighted by Crippen LogP contribution is -2.49. The van der Waals surface area contributed by atoms with Crippen molar-refractivity contribution in [3.63, 3.8) is 0 Å². The minimum atomic E-state index is -4.57. The van der Waals surface area contributed by atoms with Crippen LogP contribution in [0.2, 0.25) is 0 Å². The Balaban J connectivity index is 1.47. The first-order valence-electron chi connectivity index (χ1n) is 12.8. The quantitative estimate of drug-likeness (QED) is 0.348. The molecule has 0 bridgehead atoms. The van der Waals surface area contributed by atoms with E-state index in [0.29, 0.717) is 18.4 Å². The molecule has 1 aliphatic carbocycles. The van der Waals surface area contributed by atoms with Crippen molar-refractivity contribution in [2.24, 2.45) is 4.99 Å². The number of nitrogens with one attached hydrogen (secondary N) is 2. The van der Waals surface area contributed by atoms with Crippen LogP contribution in [0.15, 0.2) is 70.6 Å². The average molecular weight is 621 g/mol. The highest BCUT2D eigenvalue weighted by molar-refractivity contribution is 7.89. The second-order valence-electron chi connectivity index (χ2n) is 10.1. The highest BCUT2D eigenvalue weighted by atomic mass is 32.2. The summed E-state index contributed by atoms with van der Waals surface area (Å²) in [4.78, 5) is 16.9. The van der Waals surface area contributed by atoms with Gasteiger partial charge in [0.15, 0.2) is 0 Å². The Bertz CT molecular complexity index is 1450. The molecule has 1 saturated carbocycles. The number of halogens is 7. The topological polar surface area (TPSA) is 90.9 Å². The van der Waals surface area contributed by atoms with Crippen LogP contribution < -0.4 is 10.6 Å². The molecule has 2 N–H and O–H groups in total. The van der Waals surface area contributed by atoms with Gasteiger partial charge in [-0.3, -0.25) is 9.79 Å². The van der Waals surface area contributed by atoms with E-state index < -0.39 is 64.2 Å². The Morgan fingerprint density at radius 3 is 2.21 bits per heavy atom. The van der Waals surface area contributed by atoms with Crippen LogP contribution in [0, 0.1) is 5.82 Å². The van der Waals surface area contributed by atoms with Crippen LogP contribution in [0.5, 0.6) is 0 Å². The Morgan fingerprint density at radius 1 is 1.05 bits per heavy atom. The van der Waals surface area contributed by atoms with Gasteiger partial charge in [-0.05, 0) is 66.8 Å². The largest absolute Gasteiger partial charge is 0.416 e. The van der Waals surface area contributed by atoms with E-state index in [1.54, 1.807) is 0 Å². The number of sulfonamides is 1. The number of nitrogens with zero attached hydrogens (tertiary/aromatic N) is 2. The standard InChI is InChI=1S/C27H27F7N4O3S/c1-17(23-36-22(25(37-23)11-12-25)24(39)35-14-13-26(29,30)31)10-15-38(42(40,41)21-8-6-20(28)7-9-21)16-18-2-4-19(5-3-18)27(32,33)34/h2-9,22H,1,10-16H2,(H,35,39)(H,36,37)/t22-/m0/s1. The summed E-state index contributed by atoms with van der Waals surface area (Å²) in [5.74, 6) is -1.09. The van der Waals surface area contributed by atoms with E-state index in [2.05, 4.69) is 22.2 Å². The molecule has 4 rings (SSSR count). The van der Waals surface area contributed by atoms with Crippen molar-refractivity contribution in [3.05, 3.63) is 77.6 Å². The van der Waals surface area contributed by atoms with Gasteiger partial charge in [0, 0.05) is 19.6 Å². The molecule has 1 atom stereocenters. The SMILES string of the molecule is C=C(CCN(Cc1ccc(C(F)(F)F)cc1)S(=O)(=O)c1ccc(F)cc1)C1=NC2(CC2)[C@H](C(=O)NCCC(F)(F)F)N1. The number of amides is 1. The van der Waals surface area contributed by atoms with Crippen LogP contribution in [0.3, 0.4) is 0 Å². The molecule has 1 spiro atoms. The molecule has 1 heterocycles. The number of carbonyl (C=O) groups excluding carboxylic acids is 1. The van der Waals surface area contributed by atoms with E-state index in [4.69, 9.17) is 0 Å². The van der Waals surface area contributed by atoms with Crippen LogP contribution in [0.4, 0.5) is 30.7 Å². The van der Waals surface area contributed by atoms with Crippen LogP contribution in [-0.4, -0.2) is 55.3 Å². The number of hydrogen-bond acceptors (Lipinski definition) is 5. The van der Waals surface area contributed by atoms with Crippen LogP contribution >= 0.6 is 0 Å². The maximum Gasteiger partial charge on any atom is 0.416 e. The molecule has 0 aromatic heterocycles. The summed E-state index contributed by atoms with van der Waals surface area (Å²) in [6, 6.07) is 7.15. The number of amidine groups is 1. The van der Waals surface area contributed by atoms with Crippen molar-refractivity contribution in [1.82, 2.24) is 14.9 Å². The van der Waals surface area contributed by atoms with E-state index in [0.717, 1.165) is 52.8 Å². The van der Waals surface area contributed by atoms with Crippen LogP contribution in [0.1, 0.15) is 36.8 Å². The fraction of sp³-hybridized carbons (Fsp3) is 0.407. The molecular formula is C27H27F7N4O3S. The van der Waals surface area contributed by atoms with Gasteiger partial charge in [0.05, 0.1) is 22.4 Å². The summed E-state index contributed by atoms with van der Waals surface area (Å²) in [6.07, 6.45) is -9.15. The minimum absolute atomic E-state index is 0.00855. The third-order valence-corrected chi connectivity index (χ3v) is 8.83. The summed E-state index contributed by atoms with van der Waals surface area (Å²) in [5.41, 5.74) is -1.13. The van der Waals surface area contributed by atoms with Crippen molar-refractivity contribution in [3.8, 4) is 0 Å². The number of rotatable bonds is 11. The van der Waals surface area contributed by atoms with Gasteiger partial charge in [-0.1, -0.05) is 18.7 Å². The molecule has 228 valence electrons. The van der Waals surface area contributed by atoms with Gasteiger partial charge < -0.3 is 10.6 Å². The van der Waals surface area contributed by atoms with Gasteiger partial charge in [-0.25, -0.2) is 12.8 Å². The van der Waals surface area contributed by atoms with Gasteiger partial charge in [-0.2, -0.15) is 30.6 Å². The summed E-state index contributed by atoms with van der Waals surface area (Å²) < 4.78 is 118. The average Bonchev–Trinajstić information content (AvgIpc) is 3.56. The molecule has 0 saturated heterocycles. The first-order valence-corrected chi connectivity index (χ1v) is 14.3. The molecule has 0 unspecified atom stereocenters. The summed E-state index contributed by atoms with van der Waals surface area (Å²) >= 11 is 0. The molecule has 2 aromatic carbocycles. The lowest BCUT2D eigenvalue weighted by molar-refractivity contribution is -0.138. The molecule has 15 heteroatoms. The van der Waals surface area contributed by atoms with Crippen LogP contribution in [0.25, 0.3) is 0 Å². The van der Waals surface area contributed by atoms with Crippen molar-refractivity contribution in [2.45, 2.75) is 61.1 Å². The normalized spacial score (nSPS) is 18.1. The summed E-state index contributed by atoms with van der Waals surface area (Å²) in [5, 5.41) is 5.16. The lowest BCUT2D eigenvalue weighted by Gasteiger charge is -2.23. The van der Waals surface area contributed by atoms with Crippen molar-refractivity contribution >= 4 is 21.8 Å². The highest BCUT2D eigenvalue weighted by Crippen LogP contribution is 2.46. The second-order valence-corrected chi connectivity index (χ2v) is 12.1. The molecule has 42 heavy (non-hydrogen) atoms. The molecule has 1 aliphatic heterocycles. The predicted molar refractivity (Wildman–Crippen MR) is 139 cm³/mol. The fourth-order valence-corrected chi connectivity index (χ4v) is 5.89. The number of alkyl halides is 6. The van der Waals surface area contributed by atoms with Crippen LogP contribution in [-0.2, 0) is 27.5 Å². The van der Waals surface area contributed by atoms with Crippen molar-refractivity contribution < 1.29 is 43.9 Å². The second kappa shape index (κ2) is 11.7. The first-order chi connectivity index (χ1) is 19.5. The molecular weight excluding hydrogens is 593 g/mol. The third-order valence-electron chi connectivity index (χ3n) is 6.97. The predicted octanol–water partition coefficient (Wildman–Crippen LogP) is 4.95. The van der Waals surface area contributed by atoms with Crippen molar-refractivity contribution in [1.29, 1.82) is 0 Å². The Hall–Kier alpha value is -3.46. The first kappa shape index (κ1) is 31.5. The third kappa shape index (κ3) is 7.48. The number of benzene rings is 2. The monoisotopic (exact) mass is 620 g/mol. The smallest absolute Gasteiger partial charge is 0.357 e. The lowest BCUT2D eigenvalue weighted by atomic mass is 10.1. The van der Waals surface area contributed by atoms with Gasteiger partial charge in [-0.15, -0.1) is 0 Å².